The Bertz CT molecular complexity index is 2500. The van der Waals surface area contributed by atoms with Crippen LogP contribution in [0.3, 0.4) is 0 Å². The third-order valence-corrected chi connectivity index (χ3v) is 9.60. The summed E-state index contributed by atoms with van der Waals surface area (Å²) in [5, 5.41) is 7.75. The van der Waals surface area contributed by atoms with E-state index in [2.05, 4.69) is 149 Å². The largest absolute Gasteiger partial charge is 0.334 e. The van der Waals surface area contributed by atoms with Crippen molar-refractivity contribution in [1.82, 2.24) is 14.1 Å². The summed E-state index contributed by atoms with van der Waals surface area (Å²) in [6.45, 7) is 1.40. The number of hydrogen-bond acceptors (Lipinski definition) is 1. The normalized spacial score (nSPS) is 12.3. The Morgan fingerprint density at radius 3 is 1.45 bits per heavy atom. The lowest BCUT2D eigenvalue weighted by Gasteiger charge is -2.16. The second kappa shape index (κ2) is 8.92. The topological polar surface area (TPSA) is 22.8 Å². The van der Waals surface area contributed by atoms with Crippen molar-refractivity contribution in [3.63, 3.8) is 0 Å². The smallest absolute Gasteiger partial charge is 0.0690 e. The van der Waals surface area contributed by atoms with Crippen molar-refractivity contribution in [2.24, 2.45) is 0 Å². The Labute approximate surface area is 254 Å². The Morgan fingerprint density at radius 2 is 0.909 bits per heavy atom. The Kier molecular flexibility index (Phi) is 4.83. The summed E-state index contributed by atoms with van der Waals surface area (Å²) in [5.74, 6) is 0. The molecule has 0 unspecified atom stereocenters. The molecule has 206 valence electrons. The van der Waals surface area contributed by atoms with Crippen LogP contribution in [0.4, 0.5) is 0 Å². The van der Waals surface area contributed by atoms with Crippen molar-refractivity contribution in [2.75, 3.05) is 0 Å². The number of hydrogen-bond donors (Lipinski definition) is 0. The number of aromatic nitrogens is 3. The summed E-state index contributed by atoms with van der Waals surface area (Å²) in [4.78, 5) is 5.55. The predicted octanol–water partition coefficient (Wildman–Crippen LogP) is 10.2. The van der Waals surface area contributed by atoms with E-state index in [1.807, 2.05) is 0 Å². The second-order valence-electron chi connectivity index (χ2n) is 11.9. The monoisotopic (exact) mass is 561 g/mol. The van der Waals surface area contributed by atoms with E-state index in [-0.39, 0.29) is 0 Å². The first-order valence-corrected chi connectivity index (χ1v) is 15.3. The maximum absolute atomic E-state index is 5.55. The van der Waals surface area contributed by atoms with E-state index in [0.717, 1.165) is 11.4 Å². The van der Waals surface area contributed by atoms with Crippen LogP contribution in [0, 0.1) is 0 Å². The molecule has 0 bridgehead atoms. The van der Waals surface area contributed by atoms with Gasteiger partial charge < -0.3 is 9.13 Å². The third kappa shape index (κ3) is 3.24. The van der Waals surface area contributed by atoms with E-state index in [1.165, 1.54) is 76.6 Å². The fourth-order valence-corrected chi connectivity index (χ4v) is 7.80. The van der Waals surface area contributed by atoms with E-state index in [4.69, 9.17) is 4.98 Å². The van der Waals surface area contributed by atoms with Gasteiger partial charge in [0.05, 0.1) is 24.5 Å². The molecule has 10 rings (SSSR count). The van der Waals surface area contributed by atoms with E-state index < -0.39 is 0 Å². The van der Waals surface area contributed by atoms with Gasteiger partial charge in [0.15, 0.2) is 0 Å². The van der Waals surface area contributed by atoms with Gasteiger partial charge >= 0.3 is 0 Å². The van der Waals surface area contributed by atoms with E-state index in [9.17, 15) is 0 Å². The van der Waals surface area contributed by atoms with Crippen molar-refractivity contribution in [1.29, 1.82) is 0 Å². The molecule has 0 radical (unpaired) electrons. The van der Waals surface area contributed by atoms with Gasteiger partial charge in [-0.25, -0.2) is 0 Å². The highest BCUT2D eigenvalue weighted by atomic mass is 15.0. The van der Waals surface area contributed by atoms with Gasteiger partial charge in [-0.1, -0.05) is 109 Å². The third-order valence-electron chi connectivity index (χ3n) is 9.60. The highest BCUT2D eigenvalue weighted by molar-refractivity contribution is 6.16. The van der Waals surface area contributed by atoms with Gasteiger partial charge in [-0.05, 0) is 57.8 Å². The van der Waals surface area contributed by atoms with Crippen LogP contribution in [0.1, 0.15) is 11.4 Å². The minimum atomic E-state index is 0.696. The maximum atomic E-state index is 5.55. The van der Waals surface area contributed by atoms with Crippen molar-refractivity contribution in [2.45, 2.75) is 13.1 Å². The molecule has 0 amide bonds. The summed E-state index contributed by atoms with van der Waals surface area (Å²) in [7, 11) is 0. The lowest BCUT2D eigenvalue weighted by Crippen LogP contribution is -2.08. The van der Waals surface area contributed by atoms with Gasteiger partial charge in [-0.3, -0.25) is 4.98 Å². The Hall–Kier alpha value is -5.67. The summed E-state index contributed by atoms with van der Waals surface area (Å²) >= 11 is 0. The molecule has 3 heterocycles. The molecule has 3 nitrogen and oxygen atoms in total. The molecule has 44 heavy (non-hydrogen) atoms. The molecule has 0 fully saturated rings. The van der Waals surface area contributed by atoms with Crippen LogP contribution in [-0.4, -0.2) is 14.1 Å². The molecule has 0 saturated carbocycles. The average Bonchev–Trinajstić information content (AvgIpc) is 3.69. The molecule has 0 saturated heterocycles. The molecular weight excluding hydrogens is 534 g/mol. The van der Waals surface area contributed by atoms with Crippen molar-refractivity contribution < 1.29 is 0 Å². The predicted molar refractivity (Wildman–Crippen MR) is 183 cm³/mol. The number of rotatable bonds is 4. The first-order valence-electron chi connectivity index (χ1n) is 15.3. The molecule has 3 aromatic heterocycles. The lowest BCUT2D eigenvalue weighted by atomic mass is 10.0. The Morgan fingerprint density at radius 1 is 0.432 bits per heavy atom. The Balaban J connectivity index is 1.24. The highest BCUT2D eigenvalue weighted by Gasteiger charge is 2.27. The van der Waals surface area contributed by atoms with Crippen LogP contribution >= 0.6 is 0 Å². The van der Waals surface area contributed by atoms with Gasteiger partial charge in [0, 0.05) is 49.2 Å². The van der Waals surface area contributed by atoms with Gasteiger partial charge in [0.2, 0.25) is 0 Å². The quantitative estimate of drug-likeness (QED) is 0.210. The van der Waals surface area contributed by atoms with Gasteiger partial charge in [0.1, 0.15) is 0 Å². The summed E-state index contributed by atoms with van der Waals surface area (Å²) in [5.41, 5.74) is 12.3. The molecule has 0 aliphatic heterocycles. The fraction of sp³-hybridized carbons (Fsp3) is 0.0488. The average molecular weight is 562 g/mol. The SMILES string of the molecule is c1cc2c3c(cccc3c1)-c1c-2cc(Cn2c3ccccc3c3ccccc32)nc1Cn1c2ccccc2c2ccccc21. The van der Waals surface area contributed by atoms with Crippen LogP contribution in [0.15, 0.2) is 140 Å². The zero-order valence-electron chi connectivity index (χ0n) is 24.0. The maximum Gasteiger partial charge on any atom is 0.0690 e. The molecule has 0 atom stereocenters. The molecule has 1 aliphatic carbocycles. The molecule has 9 aromatic rings. The van der Waals surface area contributed by atoms with E-state index in [1.54, 1.807) is 0 Å². The van der Waals surface area contributed by atoms with Gasteiger partial charge in [-0.2, -0.15) is 0 Å². The number of fused-ring (bicyclic) bond motifs is 9. The molecule has 6 aromatic carbocycles. The van der Waals surface area contributed by atoms with E-state index >= 15 is 0 Å². The van der Waals surface area contributed by atoms with Crippen LogP contribution in [-0.2, 0) is 13.1 Å². The van der Waals surface area contributed by atoms with Crippen LogP contribution < -0.4 is 0 Å². The van der Waals surface area contributed by atoms with Gasteiger partial charge in [-0.15, -0.1) is 0 Å². The summed E-state index contributed by atoms with van der Waals surface area (Å²) in [6, 6.07) is 50.7. The first-order chi connectivity index (χ1) is 21.8. The van der Waals surface area contributed by atoms with Crippen LogP contribution in [0.5, 0.6) is 0 Å². The summed E-state index contributed by atoms with van der Waals surface area (Å²) in [6.07, 6.45) is 0. The molecule has 3 heteroatoms. The molecule has 0 spiro atoms. The van der Waals surface area contributed by atoms with Crippen molar-refractivity contribution >= 4 is 54.4 Å². The van der Waals surface area contributed by atoms with Crippen LogP contribution in [0.25, 0.3) is 76.6 Å². The highest BCUT2D eigenvalue weighted by Crippen LogP contribution is 2.49. The fourth-order valence-electron chi connectivity index (χ4n) is 7.80. The lowest BCUT2D eigenvalue weighted by molar-refractivity contribution is 0.790. The zero-order chi connectivity index (χ0) is 28.8. The zero-order valence-corrected chi connectivity index (χ0v) is 24.0. The second-order valence-corrected chi connectivity index (χ2v) is 11.9. The number of pyridine rings is 1. The standard InChI is InChI=1S/C41H27N3/c1-5-19-36-28(13-1)29-14-2-6-20-37(29)43(36)24-27-23-34-32-17-9-11-26-12-10-18-33(40(26)32)41(34)35(42-27)25-44-38-21-7-3-15-30(38)31-16-4-8-22-39(31)44/h1-23H,24-25H2. The number of para-hydroxylation sites is 4. The van der Waals surface area contributed by atoms with E-state index in [0.29, 0.717) is 13.1 Å². The van der Waals surface area contributed by atoms with Gasteiger partial charge in [0.25, 0.3) is 0 Å². The minimum absolute atomic E-state index is 0.696. The number of benzene rings is 6. The minimum Gasteiger partial charge on any atom is -0.334 e. The van der Waals surface area contributed by atoms with Crippen molar-refractivity contribution in [3.05, 3.63) is 151 Å². The van der Waals surface area contributed by atoms with Crippen LogP contribution in [0.2, 0.25) is 0 Å². The molecular formula is C41H27N3. The molecule has 0 N–H and O–H groups in total. The van der Waals surface area contributed by atoms with Crippen molar-refractivity contribution in [3.8, 4) is 22.3 Å². The first kappa shape index (κ1) is 23.8. The summed E-state index contributed by atoms with van der Waals surface area (Å²) < 4.78 is 4.90. The number of nitrogens with zero attached hydrogens (tertiary/aromatic N) is 3. The molecule has 1 aliphatic rings.